The van der Waals surface area contributed by atoms with Crippen molar-refractivity contribution in [2.45, 2.75) is 26.4 Å². The van der Waals surface area contributed by atoms with E-state index in [9.17, 15) is 9.90 Å². The van der Waals surface area contributed by atoms with E-state index < -0.39 is 11.7 Å². The van der Waals surface area contributed by atoms with E-state index in [0.29, 0.717) is 12.1 Å². The number of ether oxygens (including phenoxy) is 1. The Morgan fingerprint density at radius 2 is 2.16 bits per heavy atom. The first-order chi connectivity index (χ1) is 8.78. The Labute approximate surface area is 121 Å². The van der Waals surface area contributed by atoms with Crippen LogP contribution in [-0.2, 0) is 4.74 Å². The second kappa shape index (κ2) is 6.61. The molecule has 19 heavy (non-hydrogen) atoms. The molecule has 1 aromatic carbocycles. The first-order valence-electron chi connectivity index (χ1n) is 5.90. The lowest BCUT2D eigenvalue weighted by Gasteiger charge is -2.19. The highest BCUT2D eigenvalue weighted by molar-refractivity contribution is 9.10. The van der Waals surface area contributed by atoms with E-state index in [4.69, 9.17) is 4.74 Å². The van der Waals surface area contributed by atoms with Crippen LogP contribution in [0.2, 0.25) is 0 Å². The van der Waals surface area contributed by atoms with Crippen molar-refractivity contribution in [3.05, 3.63) is 34.3 Å². The fourth-order valence-electron chi connectivity index (χ4n) is 1.30. The number of hydrogen-bond donors (Lipinski definition) is 2. The molecule has 1 amide bonds. The van der Waals surface area contributed by atoms with Gasteiger partial charge in [-0.1, -0.05) is 34.1 Å². The molecule has 104 valence electrons. The van der Waals surface area contributed by atoms with E-state index in [0.717, 1.165) is 4.47 Å². The van der Waals surface area contributed by atoms with Crippen molar-refractivity contribution in [2.75, 3.05) is 6.54 Å². The van der Waals surface area contributed by atoms with Gasteiger partial charge in [-0.2, -0.15) is 0 Å². The number of carbonyl (C=O) groups excluding carboxylic acids is 1. The number of aromatic hydroxyl groups is 1. The molecular weight excluding hydrogens is 310 g/mol. The molecule has 0 radical (unpaired) electrons. The van der Waals surface area contributed by atoms with Crippen LogP contribution in [0.1, 0.15) is 26.3 Å². The molecule has 0 fully saturated rings. The lowest BCUT2D eigenvalue weighted by Crippen LogP contribution is -2.32. The van der Waals surface area contributed by atoms with Gasteiger partial charge in [0, 0.05) is 16.6 Å². The highest BCUT2D eigenvalue weighted by Crippen LogP contribution is 2.23. The molecule has 0 bridgehead atoms. The maximum Gasteiger partial charge on any atom is 0.407 e. The molecule has 1 rings (SSSR count). The molecule has 2 N–H and O–H groups in total. The molecule has 0 aliphatic carbocycles. The number of halogens is 1. The minimum absolute atomic E-state index is 0.183. The van der Waals surface area contributed by atoms with Gasteiger partial charge < -0.3 is 15.2 Å². The van der Waals surface area contributed by atoms with Gasteiger partial charge in [0.25, 0.3) is 0 Å². The number of phenolic OH excluding ortho intramolecular Hbond substituents is 1. The summed E-state index contributed by atoms with van der Waals surface area (Å²) in [6, 6.07) is 5.23. The molecule has 0 saturated carbocycles. The van der Waals surface area contributed by atoms with E-state index in [1.54, 1.807) is 24.3 Å². The van der Waals surface area contributed by atoms with Crippen molar-refractivity contribution in [3.63, 3.8) is 0 Å². The van der Waals surface area contributed by atoms with E-state index in [2.05, 4.69) is 21.2 Å². The van der Waals surface area contributed by atoms with Gasteiger partial charge in [0.05, 0.1) is 0 Å². The second-order valence-corrected chi connectivity index (χ2v) is 5.90. The number of rotatable bonds is 3. The van der Waals surface area contributed by atoms with Crippen LogP contribution >= 0.6 is 15.9 Å². The number of benzene rings is 1. The SMILES string of the molecule is CC(C)(C)OC(=O)NCC=Cc1ccc(Br)cc1O. The van der Waals surface area contributed by atoms with Crippen molar-refractivity contribution in [1.82, 2.24) is 5.32 Å². The summed E-state index contributed by atoms with van der Waals surface area (Å²) in [5.41, 5.74) is 0.187. The Hall–Kier alpha value is -1.49. The first-order valence-corrected chi connectivity index (χ1v) is 6.69. The van der Waals surface area contributed by atoms with E-state index in [-0.39, 0.29) is 5.75 Å². The molecular formula is C14H18BrNO3. The molecule has 0 heterocycles. The Morgan fingerprint density at radius 3 is 2.74 bits per heavy atom. The zero-order chi connectivity index (χ0) is 14.5. The molecule has 0 aliphatic rings. The Bertz CT molecular complexity index is 478. The van der Waals surface area contributed by atoms with Crippen LogP contribution in [0.25, 0.3) is 6.08 Å². The quantitative estimate of drug-likeness (QED) is 0.890. The predicted octanol–water partition coefficient (Wildman–Crippen LogP) is 3.69. The number of phenols is 1. The molecule has 5 heteroatoms. The van der Waals surface area contributed by atoms with Crippen molar-refractivity contribution in [1.29, 1.82) is 0 Å². The average molecular weight is 328 g/mol. The van der Waals surface area contributed by atoms with Gasteiger partial charge in [-0.05, 0) is 32.9 Å². The average Bonchev–Trinajstić information content (AvgIpc) is 2.24. The molecule has 0 unspecified atom stereocenters. The lowest BCUT2D eigenvalue weighted by atomic mass is 10.2. The Morgan fingerprint density at radius 1 is 1.47 bits per heavy atom. The van der Waals surface area contributed by atoms with Crippen molar-refractivity contribution in [3.8, 4) is 5.75 Å². The number of alkyl carbamates (subject to hydrolysis) is 1. The molecule has 0 aromatic heterocycles. The van der Waals surface area contributed by atoms with Crippen molar-refractivity contribution >= 4 is 28.1 Å². The summed E-state index contributed by atoms with van der Waals surface area (Å²) in [5, 5.41) is 12.3. The third kappa shape index (κ3) is 6.29. The van der Waals surface area contributed by atoms with Gasteiger partial charge in [0.1, 0.15) is 11.4 Å². The van der Waals surface area contributed by atoms with Gasteiger partial charge in [0.15, 0.2) is 0 Å². The topological polar surface area (TPSA) is 58.6 Å². The summed E-state index contributed by atoms with van der Waals surface area (Å²) in [4.78, 5) is 11.4. The normalized spacial score (nSPS) is 11.6. The molecule has 0 atom stereocenters. The fraction of sp³-hybridized carbons (Fsp3) is 0.357. The molecule has 1 aromatic rings. The smallest absolute Gasteiger partial charge is 0.407 e. The van der Waals surface area contributed by atoms with Gasteiger partial charge in [0.2, 0.25) is 0 Å². The van der Waals surface area contributed by atoms with Crippen LogP contribution < -0.4 is 5.32 Å². The number of nitrogens with one attached hydrogen (secondary N) is 1. The molecule has 0 aliphatic heterocycles. The zero-order valence-corrected chi connectivity index (χ0v) is 12.8. The second-order valence-electron chi connectivity index (χ2n) is 4.99. The largest absolute Gasteiger partial charge is 0.507 e. The van der Waals surface area contributed by atoms with Gasteiger partial charge >= 0.3 is 6.09 Å². The predicted molar refractivity (Wildman–Crippen MR) is 79.1 cm³/mol. The number of carbonyl (C=O) groups is 1. The van der Waals surface area contributed by atoms with Crippen LogP contribution in [0, 0.1) is 0 Å². The maximum absolute atomic E-state index is 11.4. The summed E-state index contributed by atoms with van der Waals surface area (Å²) < 4.78 is 5.90. The van der Waals surface area contributed by atoms with Gasteiger partial charge in [-0.3, -0.25) is 0 Å². The lowest BCUT2D eigenvalue weighted by molar-refractivity contribution is 0.0534. The summed E-state index contributed by atoms with van der Waals surface area (Å²) >= 11 is 3.27. The third-order valence-electron chi connectivity index (χ3n) is 2.05. The maximum atomic E-state index is 11.4. The zero-order valence-electron chi connectivity index (χ0n) is 11.2. The summed E-state index contributed by atoms with van der Waals surface area (Å²) in [6.45, 7) is 5.76. The third-order valence-corrected chi connectivity index (χ3v) is 2.55. The van der Waals surface area contributed by atoms with E-state index in [1.807, 2.05) is 26.8 Å². The van der Waals surface area contributed by atoms with Crippen LogP contribution in [0.15, 0.2) is 28.7 Å². The van der Waals surface area contributed by atoms with Crippen LogP contribution in [0.5, 0.6) is 5.75 Å². The van der Waals surface area contributed by atoms with Crippen LogP contribution in [0.3, 0.4) is 0 Å². The van der Waals surface area contributed by atoms with Gasteiger partial charge in [-0.25, -0.2) is 4.79 Å². The fourth-order valence-corrected chi connectivity index (χ4v) is 1.65. The highest BCUT2D eigenvalue weighted by Gasteiger charge is 2.14. The number of hydrogen-bond acceptors (Lipinski definition) is 3. The van der Waals surface area contributed by atoms with E-state index >= 15 is 0 Å². The molecule has 0 spiro atoms. The summed E-state index contributed by atoms with van der Waals surface area (Å²) in [7, 11) is 0. The van der Waals surface area contributed by atoms with E-state index in [1.165, 1.54) is 0 Å². The highest BCUT2D eigenvalue weighted by atomic mass is 79.9. The number of amides is 1. The Balaban J connectivity index is 2.44. The van der Waals surface area contributed by atoms with Gasteiger partial charge in [-0.15, -0.1) is 0 Å². The summed E-state index contributed by atoms with van der Waals surface area (Å²) in [6.07, 6.45) is 3.02. The monoisotopic (exact) mass is 327 g/mol. The van der Waals surface area contributed by atoms with Crippen molar-refractivity contribution < 1.29 is 14.6 Å². The minimum Gasteiger partial charge on any atom is -0.507 e. The molecule has 4 nitrogen and oxygen atoms in total. The molecule has 0 saturated heterocycles. The van der Waals surface area contributed by atoms with Crippen molar-refractivity contribution in [2.24, 2.45) is 0 Å². The first kappa shape index (κ1) is 15.6. The van der Waals surface area contributed by atoms with Crippen LogP contribution in [-0.4, -0.2) is 23.3 Å². The Kier molecular flexibility index (Phi) is 5.42. The standard InChI is InChI=1S/C14H18BrNO3/c1-14(2,3)19-13(18)16-8-4-5-10-6-7-11(15)9-12(10)17/h4-7,9,17H,8H2,1-3H3,(H,16,18). The summed E-state index contributed by atoms with van der Waals surface area (Å²) in [5.74, 6) is 0.183. The minimum atomic E-state index is -0.502. The van der Waals surface area contributed by atoms with Crippen LogP contribution in [0.4, 0.5) is 4.79 Å².